The number of hydrogen-bond acceptors (Lipinski definition) is 2. The molecule has 0 aliphatic heterocycles. The standard InChI is InChI=1S/C19H29FO2/c1-4-15(18(2,3)20)16(21)8-17(22)19-9-12-5-13(10-19)7-14(6-12)11-19/h8,12-15,22H,4-7,9-11H2,1-3H3/b17-8-. The van der Waals surface area contributed by atoms with Gasteiger partial charge in [0.25, 0.3) is 0 Å². The summed E-state index contributed by atoms with van der Waals surface area (Å²) in [5.41, 5.74) is -1.72. The monoisotopic (exact) mass is 308 g/mol. The number of rotatable bonds is 5. The molecule has 4 aliphatic carbocycles. The van der Waals surface area contributed by atoms with E-state index < -0.39 is 11.6 Å². The van der Waals surface area contributed by atoms with Crippen molar-refractivity contribution in [2.45, 2.75) is 71.4 Å². The highest BCUT2D eigenvalue weighted by atomic mass is 19.1. The molecular formula is C19H29FO2. The Labute approximate surface area is 133 Å². The summed E-state index contributed by atoms with van der Waals surface area (Å²) in [6.07, 6.45) is 8.80. The summed E-state index contributed by atoms with van der Waals surface area (Å²) in [7, 11) is 0. The van der Waals surface area contributed by atoms with Gasteiger partial charge in [-0.15, -0.1) is 0 Å². The van der Waals surface area contributed by atoms with Crippen molar-refractivity contribution in [3.05, 3.63) is 11.8 Å². The zero-order valence-corrected chi connectivity index (χ0v) is 14.1. The van der Waals surface area contributed by atoms with Crippen LogP contribution in [0.1, 0.15) is 65.7 Å². The van der Waals surface area contributed by atoms with Crippen molar-refractivity contribution in [3.63, 3.8) is 0 Å². The van der Waals surface area contributed by atoms with Crippen molar-refractivity contribution >= 4 is 5.78 Å². The first-order valence-corrected chi connectivity index (χ1v) is 8.87. The molecule has 1 unspecified atom stereocenters. The number of ketones is 1. The second-order valence-corrected chi connectivity index (χ2v) is 8.66. The van der Waals surface area contributed by atoms with Gasteiger partial charge in [0, 0.05) is 11.5 Å². The summed E-state index contributed by atoms with van der Waals surface area (Å²) in [6.45, 7) is 4.74. The van der Waals surface area contributed by atoms with Gasteiger partial charge in [-0.1, -0.05) is 6.92 Å². The Balaban J connectivity index is 1.81. The number of aliphatic hydroxyl groups excluding tert-OH is 1. The molecule has 0 heterocycles. The lowest BCUT2D eigenvalue weighted by Gasteiger charge is -2.56. The van der Waals surface area contributed by atoms with E-state index in [2.05, 4.69) is 0 Å². The lowest BCUT2D eigenvalue weighted by molar-refractivity contribution is -0.122. The van der Waals surface area contributed by atoms with Crippen LogP contribution in [-0.2, 0) is 4.79 Å². The number of carbonyl (C=O) groups excluding carboxylic acids is 1. The van der Waals surface area contributed by atoms with E-state index in [1.54, 1.807) is 0 Å². The van der Waals surface area contributed by atoms with E-state index >= 15 is 0 Å². The molecule has 0 amide bonds. The van der Waals surface area contributed by atoms with Crippen LogP contribution < -0.4 is 0 Å². The van der Waals surface area contributed by atoms with E-state index in [1.807, 2.05) is 6.92 Å². The summed E-state index contributed by atoms with van der Waals surface area (Å²) >= 11 is 0. The molecule has 0 radical (unpaired) electrons. The highest BCUT2D eigenvalue weighted by Crippen LogP contribution is 2.62. The van der Waals surface area contributed by atoms with Crippen LogP contribution in [-0.4, -0.2) is 16.6 Å². The average Bonchev–Trinajstić information content (AvgIpc) is 2.35. The number of aliphatic hydroxyl groups is 1. The number of alkyl halides is 1. The van der Waals surface area contributed by atoms with E-state index in [4.69, 9.17) is 0 Å². The zero-order valence-electron chi connectivity index (χ0n) is 14.1. The summed E-state index contributed by atoms with van der Waals surface area (Å²) in [5, 5.41) is 10.7. The quantitative estimate of drug-likeness (QED) is 0.574. The second-order valence-electron chi connectivity index (χ2n) is 8.66. The van der Waals surface area contributed by atoms with Gasteiger partial charge >= 0.3 is 0 Å². The molecule has 124 valence electrons. The third kappa shape index (κ3) is 2.72. The minimum Gasteiger partial charge on any atom is -0.512 e. The maximum atomic E-state index is 14.2. The Morgan fingerprint density at radius 3 is 2.05 bits per heavy atom. The normalized spacial score (nSPS) is 39.1. The van der Waals surface area contributed by atoms with Gasteiger partial charge in [-0.05, 0) is 76.5 Å². The van der Waals surface area contributed by atoms with Gasteiger partial charge in [0.2, 0.25) is 0 Å². The number of hydrogen-bond donors (Lipinski definition) is 1. The first-order valence-electron chi connectivity index (χ1n) is 8.87. The molecule has 4 rings (SSSR count). The predicted octanol–water partition coefficient (Wildman–Crippen LogP) is 4.99. The van der Waals surface area contributed by atoms with Crippen molar-refractivity contribution < 1.29 is 14.3 Å². The van der Waals surface area contributed by atoms with Crippen LogP contribution in [0.3, 0.4) is 0 Å². The van der Waals surface area contributed by atoms with Crippen LogP contribution in [0.25, 0.3) is 0 Å². The van der Waals surface area contributed by atoms with E-state index in [1.165, 1.54) is 39.2 Å². The molecule has 4 fully saturated rings. The van der Waals surface area contributed by atoms with Crippen molar-refractivity contribution in [1.82, 2.24) is 0 Å². The van der Waals surface area contributed by atoms with E-state index in [0.29, 0.717) is 6.42 Å². The molecule has 4 bridgehead atoms. The second kappa shape index (κ2) is 5.35. The fraction of sp³-hybridized carbons (Fsp3) is 0.842. The lowest BCUT2D eigenvalue weighted by Crippen LogP contribution is -2.47. The third-order valence-corrected chi connectivity index (χ3v) is 6.44. The minimum absolute atomic E-state index is 0.177. The molecule has 0 aromatic heterocycles. The van der Waals surface area contributed by atoms with Gasteiger partial charge in [0.15, 0.2) is 5.78 Å². The highest BCUT2D eigenvalue weighted by Gasteiger charge is 2.53. The Bertz CT molecular complexity index is 451. The van der Waals surface area contributed by atoms with Crippen LogP contribution in [0, 0.1) is 29.1 Å². The first-order chi connectivity index (χ1) is 10.2. The molecule has 22 heavy (non-hydrogen) atoms. The summed E-state index contributed by atoms with van der Waals surface area (Å²) in [6, 6.07) is 0. The van der Waals surface area contributed by atoms with Gasteiger partial charge in [-0.3, -0.25) is 4.79 Å². The molecule has 2 nitrogen and oxygen atoms in total. The number of halogens is 1. The first kappa shape index (κ1) is 16.0. The Morgan fingerprint density at radius 2 is 1.68 bits per heavy atom. The number of carbonyl (C=O) groups is 1. The van der Waals surface area contributed by atoms with E-state index in [0.717, 1.165) is 37.0 Å². The molecule has 3 heteroatoms. The molecule has 0 aromatic rings. The fourth-order valence-electron chi connectivity index (χ4n) is 5.84. The molecule has 1 N–H and O–H groups in total. The highest BCUT2D eigenvalue weighted by molar-refractivity contribution is 5.93. The molecule has 0 aromatic carbocycles. The average molecular weight is 308 g/mol. The van der Waals surface area contributed by atoms with Crippen LogP contribution in [0.2, 0.25) is 0 Å². The predicted molar refractivity (Wildman–Crippen MR) is 85.3 cm³/mol. The maximum absolute atomic E-state index is 14.2. The summed E-state index contributed by atoms with van der Waals surface area (Å²) < 4.78 is 14.2. The van der Waals surface area contributed by atoms with Crippen molar-refractivity contribution in [2.75, 3.05) is 0 Å². The van der Waals surface area contributed by atoms with Crippen LogP contribution in [0.5, 0.6) is 0 Å². The molecule has 1 atom stereocenters. The minimum atomic E-state index is -1.54. The summed E-state index contributed by atoms with van der Waals surface area (Å²) in [4.78, 5) is 12.4. The van der Waals surface area contributed by atoms with Crippen LogP contribution in [0.15, 0.2) is 11.8 Å². The molecule has 4 aliphatic rings. The largest absolute Gasteiger partial charge is 0.512 e. The van der Waals surface area contributed by atoms with Gasteiger partial charge in [0.1, 0.15) is 11.4 Å². The molecule has 0 spiro atoms. The smallest absolute Gasteiger partial charge is 0.165 e. The summed E-state index contributed by atoms with van der Waals surface area (Å²) in [5.74, 6) is 1.50. The SMILES string of the molecule is CCC(C(=O)/C=C(\O)C12CC3CC(CC(C3)C1)C2)C(C)(C)F. The van der Waals surface area contributed by atoms with Gasteiger partial charge in [0.05, 0.1) is 5.92 Å². The lowest BCUT2D eigenvalue weighted by atomic mass is 9.49. The molecule has 0 saturated heterocycles. The van der Waals surface area contributed by atoms with Crippen molar-refractivity contribution in [1.29, 1.82) is 0 Å². The number of allylic oxidation sites excluding steroid dienone is 2. The van der Waals surface area contributed by atoms with Crippen LogP contribution >= 0.6 is 0 Å². The Hall–Kier alpha value is -0.860. The van der Waals surface area contributed by atoms with Crippen molar-refractivity contribution in [3.8, 4) is 0 Å². The molecule has 4 saturated carbocycles. The maximum Gasteiger partial charge on any atom is 0.165 e. The van der Waals surface area contributed by atoms with E-state index in [9.17, 15) is 14.3 Å². The Kier molecular flexibility index (Phi) is 3.89. The Morgan fingerprint density at radius 1 is 1.23 bits per heavy atom. The van der Waals surface area contributed by atoms with E-state index in [-0.39, 0.29) is 17.0 Å². The third-order valence-electron chi connectivity index (χ3n) is 6.44. The fourth-order valence-corrected chi connectivity index (χ4v) is 5.84. The van der Waals surface area contributed by atoms with Gasteiger partial charge in [-0.25, -0.2) is 4.39 Å². The van der Waals surface area contributed by atoms with Crippen LogP contribution in [0.4, 0.5) is 4.39 Å². The zero-order chi connectivity index (χ0) is 16.1. The van der Waals surface area contributed by atoms with Crippen molar-refractivity contribution in [2.24, 2.45) is 29.1 Å². The topological polar surface area (TPSA) is 37.3 Å². The van der Waals surface area contributed by atoms with Gasteiger partial charge < -0.3 is 5.11 Å². The van der Waals surface area contributed by atoms with Gasteiger partial charge in [-0.2, -0.15) is 0 Å². The molecular weight excluding hydrogens is 279 g/mol.